The largest absolute Gasteiger partial charge is 0.497 e. The van der Waals surface area contributed by atoms with Gasteiger partial charge in [-0.3, -0.25) is 4.90 Å². The Hall–Kier alpha value is -2.32. The van der Waals surface area contributed by atoms with Gasteiger partial charge in [-0.15, -0.1) is 0 Å². The lowest BCUT2D eigenvalue weighted by Crippen LogP contribution is -2.38. The van der Waals surface area contributed by atoms with Gasteiger partial charge in [0, 0.05) is 43.0 Å². The molecule has 25 heavy (non-hydrogen) atoms. The number of nitrogens with zero attached hydrogens (tertiary/aromatic N) is 3. The second-order valence-corrected chi connectivity index (χ2v) is 6.10. The fourth-order valence-corrected chi connectivity index (χ4v) is 3.00. The van der Waals surface area contributed by atoms with Crippen molar-refractivity contribution < 1.29 is 14.0 Å². The smallest absolute Gasteiger partial charge is 0.240 e. The van der Waals surface area contributed by atoms with E-state index in [4.69, 9.17) is 19.7 Å². The molecule has 0 amide bonds. The lowest BCUT2D eigenvalue weighted by Gasteiger charge is -2.32. The van der Waals surface area contributed by atoms with Crippen molar-refractivity contribution in [3.05, 3.63) is 29.9 Å². The van der Waals surface area contributed by atoms with Crippen molar-refractivity contribution in [2.24, 2.45) is 5.73 Å². The summed E-state index contributed by atoms with van der Waals surface area (Å²) in [5, 5.41) is 7.53. The number of likely N-dealkylation sites (tertiary alicyclic amines) is 1. The zero-order chi connectivity index (χ0) is 17.6. The summed E-state index contributed by atoms with van der Waals surface area (Å²) < 4.78 is 15.7. The molecule has 3 rings (SSSR count). The van der Waals surface area contributed by atoms with Gasteiger partial charge < -0.3 is 25.0 Å². The van der Waals surface area contributed by atoms with Crippen LogP contribution in [0.4, 0.5) is 5.69 Å². The van der Waals surface area contributed by atoms with Crippen molar-refractivity contribution in [3.8, 4) is 11.5 Å². The van der Waals surface area contributed by atoms with Gasteiger partial charge in [0.25, 0.3) is 0 Å². The Kier molecular flexibility index (Phi) is 5.72. The predicted molar refractivity (Wildman–Crippen MR) is 93.7 cm³/mol. The number of piperidine rings is 1. The first-order valence-corrected chi connectivity index (χ1v) is 8.43. The fourth-order valence-electron chi connectivity index (χ4n) is 3.00. The summed E-state index contributed by atoms with van der Waals surface area (Å²) in [6.07, 6.45) is 2.09. The quantitative estimate of drug-likeness (QED) is 0.780. The minimum atomic E-state index is 0.281. The Morgan fingerprint density at radius 2 is 1.88 bits per heavy atom. The average Bonchev–Trinajstić information content (AvgIpc) is 3.10. The standard InChI is InChI=1S/C17H25N5O3/c1-23-14-7-13(8-15(9-14)24-2)19-12-3-5-22(6-4-12)11-16-20-17(10-18)25-21-16/h7-9,12,19H,3-6,10-11,18H2,1-2H3. The monoisotopic (exact) mass is 347 g/mol. The SMILES string of the molecule is COc1cc(NC2CCN(Cc3noc(CN)n3)CC2)cc(OC)c1. The molecule has 0 aliphatic carbocycles. The maximum absolute atomic E-state index is 5.49. The van der Waals surface area contributed by atoms with E-state index in [-0.39, 0.29) is 6.54 Å². The maximum Gasteiger partial charge on any atom is 0.240 e. The maximum atomic E-state index is 5.49. The molecule has 0 unspecified atom stereocenters. The molecule has 3 N–H and O–H groups in total. The highest BCUT2D eigenvalue weighted by molar-refractivity contribution is 5.54. The second-order valence-electron chi connectivity index (χ2n) is 6.10. The number of benzene rings is 1. The Bertz CT molecular complexity index is 660. The Labute approximate surface area is 147 Å². The van der Waals surface area contributed by atoms with Gasteiger partial charge in [0.1, 0.15) is 11.5 Å². The van der Waals surface area contributed by atoms with Gasteiger partial charge in [-0.2, -0.15) is 4.98 Å². The van der Waals surface area contributed by atoms with Crippen molar-refractivity contribution >= 4 is 5.69 Å². The van der Waals surface area contributed by atoms with Crippen molar-refractivity contribution in [2.75, 3.05) is 32.6 Å². The summed E-state index contributed by atoms with van der Waals surface area (Å²) in [6, 6.07) is 6.26. The number of nitrogens with one attached hydrogen (secondary N) is 1. The molecule has 136 valence electrons. The highest BCUT2D eigenvalue weighted by atomic mass is 16.5. The molecule has 2 aromatic rings. The number of nitrogens with two attached hydrogens (primary N) is 1. The number of anilines is 1. The van der Waals surface area contributed by atoms with E-state index in [1.54, 1.807) is 14.2 Å². The first-order valence-electron chi connectivity index (χ1n) is 8.43. The van der Waals surface area contributed by atoms with Gasteiger partial charge in [0.15, 0.2) is 5.82 Å². The third-order valence-electron chi connectivity index (χ3n) is 4.36. The Morgan fingerprint density at radius 3 is 2.44 bits per heavy atom. The van der Waals surface area contributed by atoms with Crippen LogP contribution in [0.15, 0.2) is 22.7 Å². The Balaban J connectivity index is 1.52. The number of methoxy groups -OCH3 is 2. The first-order chi connectivity index (χ1) is 12.2. The lowest BCUT2D eigenvalue weighted by molar-refractivity contribution is 0.204. The normalized spacial score (nSPS) is 16.0. The van der Waals surface area contributed by atoms with Crippen LogP contribution in [0, 0.1) is 0 Å². The third kappa shape index (κ3) is 4.61. The number of hydrogen-bond donors (Lipinski definition) is 2. The van der Waals surface area contributed by atoms with Gasteiger partial charge in [0.2, 0.25) is 5.89 Å². The van der Waals surface area contributed by atoms with E-state index in [9.17, 15) is 0 Å². The molecule has 0 atom stereocenters. The summed E-state index contributed by atoms with van der Waals surface area (Å²) in [6.45, 7) is 2.93. The molecule has 8 heteroatoms. The molecule has 1 saturated heterocycles. The molecule has 1 aliphatic rings. The summed E-state index contributed by atoms with van der Waals surface area (Å²) >= 11 is 0. The summed E-state index contributed by atoms with van der Waals surface area (Å²) in [7, 11) is 3.32. The van der Waals surface area contributed by atoms with Crippen LogP contribution in [0.2, 0.25) is 0 Å². The van der Waals surface area contributed by atoms with Gasteiger partial charge in [-0.25, -0.2) is 0 Å². The number of aromatic nitrogens is 2. The van der Waals surface area contributed by atoms with E-state index in [1.807, 2.05) is 18.2 Å². The molecule has 1 aromatic carbocycles. The van der Waals surface area contributed by atoms with E-state index < -0.39 is 0 Å². The van der Waals surface area contributed by atoms with Gasteiger partial charge in [-0.1, -0.05) is 5.16 Å². The molecular formula is C17H25N5O3. The zero-order valence-corrected chi connectivity index (χ0v) is 14.7. The van der Waals surface area contributed by atoms with Crippen LogP contribution in [-0.2, 0) is 13.1 Å². The van der Waals surface area contributed by atoms with Crippen LogP contribution in [0.5, 0.6) is 11.5 Å². The van der Waals surface area contributed by atoms with E-state index in [0.717, 1.165) is 43.1 Å². The topological polar surface area (TPSA) is 98.7 Å². The van der Waals surface area contributed by atoms with E-state index in [0.29, 0.717) is 24.3 Å². The van der Waals surface area contributed by atoms with E-state index in [2.05, 4.69) is 20.4 Å². The van der Waals surface area contributed by atoms with Crippen molar-refractivity contribution in [1.29, 1.82) is 0 Å². The average molecular weight is 347 g/mol. The summed E-state index contributed by atoms with van der Waals surface area (Å²) in [5.74, 6) is 2.75. The molecule has 0 radical (unpaired) electrons. The summed E-state index contributed by atoms with van der Waals surface area (Å²) in [4.78, 5) is 6.59. The van der Waals surface area contributed by atoms with Gasteiger partial charge in [-0.05, 0) is 12.8 Å². The van der Waals surface area contributed by atoms with E-state index >= 15 is 0 Å². The van der Waals surface area contributed by atoms with Crippen LogP contribution in [0.1, 0.15) is 24.6 Å². The Morgan fingerprint density at radius 1 is 1.20 bits per heavy atom. The molecule has 0 saturated carbocycles. The van der Waals surface area contributed by atoms with Crippen LogP contribution >= 0.6 is 0 Å². The molecule has 1 fully saturated rings. The van der Waals surface area contributed by atoms with Crippen molar-refractivity contribution in [3.63, 3.8) is 0 Å². The molecule has 8 nitrogen and oxygen atoms in total. The third-order valence-corrected chi connectivity index (χ3v) is 4.36. The molecule has 1 aliphatic heterocycles. The van der Waals surface area contributed by atoms with E-state index in [1.165, 1.54) is 0 Å². The van der Waals surface area contributed by atoms with Crippen LogP contribution in [-0.4, -0.2) is 48.4 Å². The van der Waals surface area contributed by atoms with Gasteiger partial charge >= 0.3 is 0 Å². The van der Waals surface area contributed by atoms with Crippen LogP contribution < -0.4 is 20.5 Å². The van der Waals surface area contributed by atoms with Gasteiger partial charge in [0.05, 0.1) is 27.3 Å². The minimum absolute atomic E-state index is 0.281. The highest BCUT2D eigenvalue weighted by Gasteiger charge is 2.21. The van der Waals surface area contributed by atoms with Crippen molar-refractivity contribution in [2.45, 2.75) is 32.0 Å². The molecule has 0 bridgehead atoms. The lowest BCUT2D eigenvalue weighted by atomic mass is 10.0. The zero-order valence-electron chi connectivity index (χ0n) is 14.7. The molecular weight excluding hydrogens is 322 g/mol. The number of ether oxygens (including phenoxy) is 2. The molecule has 0 spiro atoms. The van der Waals surface area contributed by atoms with Crippen LogP contribution in [0.3, 0.4) is 0 Å². The predicted octanol–water partition coefficient (Wildman–Crippen LogP) is 1.62. The second kappa shape index (κ2) is 8.17. The molecule has 2 heterocycles. The molecule has 1 aromatic heterocycles. The fraction of sp³-hybridized carbons (Fsp3) is 0.529. The van der Waals surface area contributed by atoms with Crippen molar-refractivity contribution in [1.82, 2.24) is 15.0 Å². The number of hydrogen-bond acceptors (Lipinski definition) is 8. The first kappa shape index (κ1) is 17.5. The minimum Gasteiger partial charge on any atom is -0.497 e. The van der Waals surface area contributed by atoms with Crippen LogP contribution in [0.25, 0.3) is 0 Å². The number of rotatable bonds is 7. The summed E-state index contributed by atoms with van der Waals surface area (Å²) in [5.41, 5.74) is 6.51. The highest BCUT2D eigenvalue weighted by Crippen LogP contribution is 2.27.